The number of aromatic nitrogens is 2. The maximum atomic E-state index is 13.3. The number of fused-ring (bicyclic) bond motifs is 3. The van der Waals surface area contributed by atoms with E-state index in [4.69, 9.17) is 16.6 Å². The zero-order valence-electron chi connectivity index (χ0n) is 17.3. The number of halogens is 1. The van der Waals surface area contributed by atoms with Crippen LogP contribution in [0.2, 0.25) is 5.02 Å². The average molecular weight is 474 g/mol. The van der Waals surface area contributed by atoms with Crippen molar-refractivity contribution in [2.75, 3.05) is 5.75 Å². The number of aryl methyl sites for hydroxylation is 1. The van der Waals surface area contributed by atoms with Crippen LogP contribution in [-0.4, -0.2) is 21.2 Å². The summed E-state index contributed by atoms with van der Waals surface area (Å²) in [4.78, 5) is 32.5. The highest BCUT2D eigenvalue weighted by molar-refractivity contribution is 7.99. The molecular weight excluding hydrogens is 450 g/mol. The minimum Gasteiger partial charge on any atom is -0.351 e. The fraction of sp³-hybridized carbons (Fsp3) is 0.348. The SMILES string of the molecule is C=CCn1c(SCC(=O)NCc2ccc(Cl)cc2)nc2sc3c(c2c1=O)CC[C@@H](C)C3. The van der Waals surface area contributed by atoms with E-state index in [1.807, 2.05) is 12.1 Å². The van der Waals surface area contributed by atoms with E-state index in [1.165, 1.54) is 22.2 Å². The highest BCUT2D eigenvalue weighted by Gasteiger charge is 2.24. The summed E-state index contributed by atoms with van der Waals surface area (Å²) in [5.41, 5.74) is 2.12. The van der Waals surface area contributed by atoms with Crippen LogP contribution in [0.1, 0.15) is 29.3 Å². The summed E-state index contributed by atoms with van der Waals surface area (Å²) in [6, 6.07) is 7.36. The van der Waals surface area contributed by atoms with Crippen LogP contribution >= 0.6 is 34.7 Å². The fourth-order valence-corrected chi connectivity index (χ4v) is 6.18. The molecule has 0 bridgehead atoms. The van der Waals surface area contributed by atoms with Crippen LogP contribution in [-0.2, 0) is 30.7 Å². The number of hydrogen-bond donors (Lipinski definition) is 1. The molecule has 0 fully saturated rings. The first-order chi connectivity index (χ1) is 15.0. The van der Waals surface area contributed by atoms with Crippen molar-refractivity contribution >= 4 is 50.8 Å². The van der Waals surface area contributed by atoms with E-state index in [2.05, 4.69) is 18.8 Å². The first-order valence-corrected chi connectivity index (χ1v) is 12.4. The Bertz CT molecular complexity index is 1180. The number of allylic oxidation sites excluding steroid dienone is 1. The lowest BCUT2D eigenvalue weighted by Crippen LogP contribution is -2.26. The number of rotatable bonds is 7. The summed E-state index contributed by atoms with van der Waals surface area (Å²) >= 11 is 8.81. The third kappa shape index (κ3) is 4.89. The van der Waals surface area contributed by atoms with Crippen molar-refractivity contribution in [2.24, 2.45) is 5.92 Å². The van der Waals surface area contributed by atoms with Crippen molar-refractivity contribution in [3.8, 4) is 0 Å². The van der Waals surface area contributed by atoms with Gasteiger partial charge in [-0.1, -0.05) is 48.5 Å². The second-order valence-electron chi connectivity index (χ2n) is 7.82. The van der Waals surface area contributed by atoms with Crippen molar-refractivity contribution in [3.63, 3.8) is 0 Å². The van der Waals surface area contributed by atoms with Gasteiger partial charge in [-0.2, -0.15) is 0 Å². The van der Waals surface area contributed by atoms with Crippen molar-refractivity contribution in [3.05, 3.63) is 68.3 Å². The quantitative estimate of drug-likeness (QED) is 0.303. The number of carbonyl (C=O) groups excluding carboxylic acids is 1. The summed E-state index contributed by atoms with van der Waals surface area (Å²) < 4.78 is 1.64. The van der Waals surface area contributed by atoms with Crippen molar-refractivity contribution in [1.29, 1.82) is 0 Å². The molecule has 31 heavy (non-hydrogen) atoms. The third-order valence-electron chi connectivity index (χ3n) is 5.43. The minimum absolute atomic E-state index is 0.0268. The molecule has 1 aliphatic carbocycles. The van der Waals surface area contributed by atoms with Gasteiger partial charge in [0, 0.05) is 23.0 Å². The van der Waals surface area contributed by atoms with Gasteiger partial charge in [-0.05, 0) is 48.4 Å². The van der Waals surface area contributed by atoms with Gasteiger partial charge in [-0.25, -0.2) is 4.98 Å². The zero-order valence-corrected chi connectivity index (χ0v) is 19.7. The molecule has 0 radical (unpaired) electrons. The molecule has 0 unspecified atom stereocenters. The lowest BCUT2D eigenvalue weighted by Gasteiger charge is -2.17. The van der Waals surface area contributed by atoms with E-state index in [0.29, 0.717) is 29.2 Å². The first kappa shape index (κ1) is 22.1. The van der Waals surface area contributed by atoms with Crippen LogP contribution in [0.25, 0.3) is 10.2 Å². The molecule has 0 aliphatic heterocycles. The standard InChI is InChI=1S/C23H24ClN3O2S2/c1-3-10-27-22(29)20-17-9-4-14(2)11-18(17)31-21(20)26-23(27)30-13-19(28)25-12-15-5-7-16(24)8-6-15/h3,5-8,14H,1,4,9-13H2,2H3,(H,25,28)/t14-/m1/s1. The van der Waals surface area contributed by atoms with Gasteiger partial charge < -0.3 is 5.32 Å². The minimum atomic E-state index is -0.112. The number of thioether (sulfide) groups is 1. The van der Waals surface area contributed by atoms with E-state index >= 15 is 0 Å². The molecule has 1 aromatic carbocycles. The Balaban J connectivity index is 1.53. The van der Waals surface area contributed by atoms with Gasteiger partial charge in [0.1, 0.15) is 4.83 Å². The Hall–Kier alpha value is -2.09. The Morgan fingerprint density at radius 2 is 2.19 bits per heavy atom. The number of thiophene rings is 1. The maximum absolute atomic E-state index is 13.3. The third-order valence-corrected chi connectivity index (χ3v) is 7.80. The Morgan fingerprint density at radius 1 is 1.42 bits per heavy atom. The molecular formula is C23H24ClN3O2S2. The Labute approximate surface area is 194 Å². The van der Waals surface area contributed by atoms with Crippen LogP contribution in [0, 0.1) is 5.92 Å². The van der Waals surface area contributed by atoms with E-state index in [1.54, 1.807) is 34.1 Å². The van der Waals surface area contributed by atoms with Crippen molar-refractivity contribution in [2.45, 2.75) is 44.4 Å². The normalized spacial score (nSPS) is 15.6. The summed E-state index contributed by atoms with van der Waals surface area (Å²) in [6.45, 7) is 6.84. The molecule has 3 aromatic rings. The molecule has 2 heterocycles. The predicted octanol–water partition coefficient (Wildman–Crippen LogP) is 4.83. The monoisotopic (exact) mass is 473 g/mol. The summed E-state index contributed by atoms with van der Waals surface area (Å²) in [6.07, 6.45) is 4.73. The fourth-order valence-electron chi connectivity index (χ4n) is 3.79. The highest BCUT2D eigenvalue weighted by atomic mass is 35.5. The lowest BCUT2D eigenvalue weighted by molar-refractivity contribution is -0.118. The van der Waals surface area contributed by atoms with Gasteiger partial charge in [0.15, 0.2) is 5.16 Å². The molecule has 1 amide bonds. The molecule has 4 rings (SSSR count). The smallest absolute Gasteiger partial charge is 0.263 e. The molecule has 0 saturated heterocycles. The van der Waals surface area contributed by atoms with Gasteiger partial charge in [-0.15, -0.1) is 17.9 Å². The second-order valence-corrected chi connectivity index (χ2v) is 10.3. The molecule has 1 atom stereocenters. The van der Waals surface area contributed by atoms with E-state index < -0.39 is 0 Å². The molecule has 2 aromatic heterocycles. The second kappa shape index (κ2) is 9.59. The van der Waals surface area contributed by atoms with Crippen LogP contribution < -0.4 is 10.9 Å². The summed E-state index contributed by atoms with van der Waals surface area (Å²) in [7, 11) is 0. The average Bonchev–Trinajstić information content (AvgIpc) is 3.11. The van der Waals surface area contributed by atoms with Gasteiger partial charge in [0.25, 0.3) is 5.56 Å². The first-order valence-electron chi connectivity index (χ1n) is 10.3. The van der Waals surface area contributed by atoms with Crippen LogP contribution in [0.4, 0.5) is 0 Å². The van der Waals surface area contributed by atoms with Crippen molar-refractivity contribution < 1.29 is 4.79 Å². The summed E-state index contributed by atoms with van der Waals surface area (Å²) in [5, 5.41) is 4.88. The van der Waals surface area contributed by atoms with Crippen molar-refractivity contribution in [1.82, 2.24) is 14.9 Å². The van der Waals surface area contributed by atoms with E-state index in [0.717, 1.165) is 35.0 Å². The summed E-state index contributed by atoms with van der Waals surface area (Å²) in [5.74, 6) is 0.707. The molecule has 5 nitrogen and oxygen atoms in total. The molecule has 162 valence electrons. The molecule has 0 saturated carbocycles. The molecule has 0 spiro atoms. The van der Waals surface area contributed by atoms with Gasteiger partial charge in [0.2, 0.25) is 5.91 Å². The Kier molecular flexibility index (Phi) is 6.84. The topological polar surface area (TPSA) is 64.0 Å². The number of nitrogens with zero attached hydrogens (tertiary/aromatic N) is 2. The zero-order chi connectivity index (χ0) is 22.0. The predicted molar refractivity (Wildman–Crippen MR) is 129 cm³/mol. The lowest BCUT2D eigenvalue weighted by atomic mass is 9.89. The number of hydrogen-bond acceptors (Lipinski definition) is 5. The van der Waals surface area contributed by atoms with Gasteiger partial charge >= 0.3 is 0 Å². The number of carbonyl (C=O) groups is 1. The van der Waals surface area contributed by atoms with E-state index in [9.17, 15) is 9.59 Å². The molecule has 1 aliphatic rings. The van der Waals surface area contributed by atoms with Gasteiger partial charge in [-0.3, -0.25) is 14.2 Å². The highest BCUT2D eigenvalue weighted by Crippen LogP contribution is 2.36. The molecule has 8 heteroatoms. The van der Waals surface area contributed by atoms with Crippen LogP contribution in [0.3, 0.4) is 0 Å². The van der Waals surface area contributed by atoms with E-state index in [-0.39, 0.29) is 17.2 Å². The Morgan fingerprint density at radius 3 is 2.94 bits per heavy atom. The number of benzene rings is 1. The number of nitrogens with one attached hydrogen (secondary N) is 1. The van der Waals surface area contributed by atoms with Crippen LogP contribution in [0.15, 0.2) is 46.9 Å². The largest absolute Gasteiger partial charge is 0.351 e. The van der Waals surface area contributed by atoms with Gasteiger partial charge in [0.05, 0.1) is 11.1 Å². The van der Waals surface area contributed by atoms with Crippen LogP contribution in [0.5, 0.6) is 0 Å². The molecule has 1 N–H and O–H groups in total. The maximum Gasteiger partial charge on any atom is 0.263 e. The number of amides is 1.